The van der Waals surface area contributed by atoms with Crippen molar-refractivity contribution in [2.75, 3.05) is 23.7 Å². The minimum atomic E-state index is -2.66. The maximum absolute atomic E-state index is 15.0. The number of nitrogens with zero attached hydrogens (tertiary/aromatic N) is 5. The van der Waals surface area contributed by atoms with Gasteiger partial charge in [0.2, 0.25) is 0 Å². The second kappa shape index (κ2) is 11.5. The maximum atomic E-state index is 15.0. The molecule has 0 saturated carbocycles. The van der Waals surface area contributed by atoms with E-state index in [1.807, 2.05) is 24.3 Å². The van der Waals surface area contributed by atoms with Crippen molar-refractivity contribution in [1.29, 1.82) is 5.26 Å². The van der Waals surface area contributed by atoms with Gasteiger partial charge in [-0.1, -0.05) is 59.1 Å². The highest BCUT2D eigenvalue weighted by molar-refractivity contribution is 6.42. The van der Waals surface area contributed by atoms with Crippen LogP contribution in [0.5, 0.6) is 0 Å². The monoisotopic (exact) mass is 642 g/mol. The Labute approximate surface area is 258 Å². The SMILES string of the molecule is N#Cc1cnc2c(Cl)cc(NC(c3cccc(CN4CC(F)(F)C4)c3)c3cn[nH]n3)cc2c1Nc1ccc(Cl)c(Cl)c1F. The number of aromatic nitrogens is 4. The number of halogens is 6. The normalized spacial score (nSPS) is 15.1. The fourth-order valence-electron chi connectivity index (χ4n) is 5.01. The molecule has 1 saturated heterocycles. The first kappa shape index (κ1) is 29.0. The Morgan fingerprint density at radius 2 is 1.88 bits per heavy atom. The molecule has 0 amide bonds. The van der Waals surface area contributed by atoms with Gasteiger partial charge in [0.25, 0.3) is 5.92 Å². The van der Waals surface area contributed by atoms with Crippen LogP contribution in [-0.4, -0.2) is 44.3 Å². The Hall–Kier alpha value is -4.08. The first-order chi connectivity index (χ1) is 20.6. The van der Waals surface area contributed by atoms with E-state index in [0.717, 1.165) is 11.1 Å². The number of rotatable bonds is 8. The molecule has 5 aromatic rings. The van der Waals surface area contributed by atoms with E-state index in [1.165, 1.54) is 18.3 Å². The molecule has 1 fully saturated rings. The van der Waals surface area contributed by atoms with Crippen LogP contribution >= 0.6 is 34.8 Å². The van der Waals surface area contributed by atoms with Crippen LogP contribution in [0.25, 0.3) is 10.9 Å². The van der Waals surface area contributed by atoms with E-state index in [4.69, 9.17) is 34.8 Å². The second-order valence-electron chi connectivity index (χ2n) is 10.1. The van der Waals surface area contributed by atoms with Gasteiger partial charge in [-0.3, -0.25) is 9.88 Å². The largest absolute Gasteiger partial charge is 0.373 e. The van der Waals surface area contributed by atoms with E-state index < -0.39 is 17.8 Å². The van der Waals surface area contributed by atoms with Crippen LogP contribution in [0.1, 0.15) is 28.4 Å². The van der Waals surface area contributed by atoms with E-state index in [9.17, 15) is 18.4 Å². The number of fused-ring (bicyclic) bond motifs is 1. The summed E-state index contributed by atoms with van der Waals surface area (Å²) in [5.74, 6) is -3.44. The van der Waals surface area contributed by atoms with Crippen molar-refractivity contribution in [3.63, 3.8) is 0 Å². The van der Waals surface area contributed by atoms with E-state index >= 15 is 0 Å². The molecule has 2 aromatic heterocycles. The van der Waals surface area contributed by atoms with Gasteiger partial charge in [-0.05, 0) is 35.4 Å². The van der Waals surface area contributed by atoms with Gasteiger partial charge >= 0.3 is 0 Å². The predicted octanol–water partition coefficient (Wildman–Crippen LogP) is 7.72. The topological polar surface area (TPSA) is 106 Å². The quantitative estimate of drug-likeness (QED) is 0.149. The van der Waals surface area contributed by atoms with Crippen LogP contribution in [0.3, 0.4) is 0 Å². The summed E-state index contributed by atoms with van der Waals surface area (Å²) in [7, 11) is 0. The first-order valence-corrected chi connectivity index (χ1v) is 14.0. The van der Waals surface area contributed by atoms with Crippen LogP contribution in [0.15, 0.2) is 60.9 Å². The first-order valence-electron chi connectivity index (χ1n) is 12.9. The summed E-state index contributed by atoms with van der Waals surface area (Å²) >= 11 is 18.6. The van der Waals surface area contributed by atoms with E-state index in [2.05, 4.69) is 37.1 Å². The van der Waals surface area contributed by atoms with Crippen molar-refractivity contribution in [2.24, 2.45) is 0 Å². The zero-order chi connectivity index (χ0) is 30.3. The number of pyridine rings is 1. The van der Waals surface area contributed by atoms with Crippen molar-refractivity contribution >= 4 is 62.8 Å². The average Bonchev–Trinajstić information content (AvgIpc) is 3.50. The third-order valence-electron chi connectivity index (χ3n) is 6.98. The second-order valence-corrected chi connectivity index (χ2v) is 11.3. The molecular weight excluding hydrogens is 624 g/mol. The van der Waals surface area contributed by atoms with Crippen LogP contribution < -0.4 is 10.6 Å². The number of likely N-dealkylation sites (tertiary alicyclic amines) is 1. The smallest absolute Gasteiger partial charge is 0.272 e. The minimum Gasteiger partial charge on any atom is -0.373 e. The summed E-state index contributed by atoms with van der Waals surface area (Å²) in [6.45, 7) is -0.183. The lowest BCUT2D eigenvalue weighted by Gasteiger charge is -2.38. The standard InChI is InChI=1S/C29H20Cl3F3N8/c30-20-4-5-22(25(33)24(20)32)40-26-17(9-36)10-37-28-19(26)7-18(8-21(28)31)39-27(23-11-38-42-41-23)16-3-1-2-15(6-16)12-43-13-29(34,35)14-43/h1-8,10-11,27,39H,12-14H2,(H,37,40)(H,38,41,42). The molecule has 1 aliphatic heterocycles. The molecule has 1 aliphatic rings. The Balaban J connectivity index is 1.38. The molecule has 0 aliphatic carbocycles. The summed E-state index contributed by atoms with van der Waals surface area (Å²) in [6.07, 6.45) is 2.91. The molecule has 8 nitrogen and oxygen atoms in total. The molecule has 0 spiro atoms. The highest BCUT2D eigenvalue weighted by Crippen LogP contribution is 2.39. The number of nitrogens with one attached hydrogen (secondary N) is 3. The number of alkyl halides is 2. The Kier molecular flexibility index (Phi) is 7.79. The van der Waals surface area contributed by atoms with Gasteiger partial charge in [0.1, 0.15) is 11.8 Å². The zero-order valence-corrected chi connectivity index (χ0v) is 24.2. The van der Waals surface area contributed by atoms with Crippen molar-refractivity contribution in [1.82, 2.24) is 25.3 Å². The Bertz CT molecular complexity index is 1870. The molecule has 3 N–H and O–H groups in total. The van der Waals surface area contributed by atoms with Gasteiger partial charge < -0.3 is 10.6 Å². The lowest BCUT2D eigenvalue weighted by molar-refractivity contribution is -0.133. The molecule has 0 bridgehead atoms. The van der Waals surface area contributed by atoms with Crippen LogP contribution in [0.2, 0.25) is 15.1 Å². The maximum Gasteiger partial charge on any atom is 0.272 e. The Morgan fingerprint density at radius 3 is 2.60 bits per heavy atom. The number of benzene rings is 3. The third-order valence-corrected chi connectivity index (χ3v) is 8.05. The van der Waals surface area contributed by atoms with Gasteiger partial charge in [-0.25, -0.2) is 13.2 Å². The molecule has 1 atom stereocenters. The number of nitriles is 1. The highest BCUT2D eigenvalue weighted by atomic mass is 35.5. The molecular formula is C29H20Cl3F3N8. The van der Waals surface area contributed by atoms with Gasteiger partial charge in [0, 0.05) is 23.8 Å². The minimum absolute atomic E-state index is 0.00476. The van der Waals surface area contributed by atoms with Crippen molar-refractivity contribution < 1.29 is 13.2 Å². The number of hydrogen-bond donors (Lipinski definition) is 3. The van der Waals surface area contributed by atoms with E-state index in [-0.39, 0.29) is 45.1 Å². The molecule has 6 rings (SSSR count). The predicted molar refractivity (Wildman–Crippen MR) is 160 cm³/mol. The van der Waals surface area contributed by atoms with Crippen molar-refractivity contribution in [3.05, 3.63) is 104 Å². The van der Waals surface area contributed by atoms with Gasteiger partial charge in [-0.15, -0.1) is 0 Å². The molecule has 43 heavy (non-hydrogen) atoms. The number of hydrogen-bond acceptors (Lipinski definition) is 7. The number of anilines is 3. The molecule has 1 unspecified atom stereocenters. The summed E-state index contributed by atoms with van der Waals surface area (Å²) < 4.78 is 41.7. The van der Waals surface area contributed by atoms with Gasteiger partial charge in [0.15, 0.2) is 5.82 Å². The number of aromatic amines is 1. The molecule has 0 radical (unpaired) electrons. The van der Waals surface area contributed by atoms with Crippen molar-refractivity contribution in [3.8, 4) is 6.07 Å². The molecule has 14 heteroatoms. The highest BCUT2D eigenvalue weighted by Gasteiger charge is 2.43. The fourth-order valence-corrected chi connectivity index (χ4v) is 5.59. The van der Waals surface area contributed by atoms with Crippen molar-refractivity contribution in [2.45, 2.75) is 18.5 Å². The zero-order valence-electron chi connectivity index (χ0n) is 22.0. The van der Waals surface area contributed by atoms with Gasteiger partial charge in [0.05, 0.1) is 62.9 Å². The summed E-state index contributed by atoms with van der Waals surface area (Å²) in [6, 6.07) is 15.3. The summed E-state index contributed by atoms with van der Waals surface area (Å²) in [5, 5.41) is 27.5. The fraction of sp³-hybridized carbons (Fsp3) is 0.172. The van der Waals surface area contributed by atoms with Gasteiger partial charge in [-0.2, -0.15) is 20.7 Å². The number of H-pyrrole nitrogens is 1. The lowest BCUT2D eigenvalue weighted by atomic mass is 9.99. The van der Waals surface area contributed by atoms with Crippen LogP contribution in [0, 0.1) is 17.1 Å². The Morgan fingerprint density at radius 1 is 1.07 bits per heavy atom. The molecule has 3 heterocycles. The van der Waals surface area contributed by atoms with Crippen LogP contribution in [0.4, 0.5) is 30.2 Å². The average molecular weight is 644 g/mol. The van der Waals surface area contributed by atoms with E-state index in [0.29, 0.717) is 28.8 Å². The molecule has 3 aromatic carbocycles. The lowest BCUT2D eigenvalue weighted by Crippen LogP contribution is -2.55. The summed E-state index contributed by atoms with van der Waals surface area (Å²) in [5.41, 5.74) is 3.54. The summed E-state index contributed by atoms with van der Waals surface area (Å²) in [4.78, 5) is 6.02. The third kappa shape index (κ3) is 5.92. The van der Waals surface area contributed by atoms with E-state index in [1.54, 1.807) is 23.2 Å². The van der Waals surface area contributed by atoms with Crippen LogP contribution in [-0.2, 0) is 6.54 Å². The molecule has 218 valence electrons.